The molecule has 0 saturated heterocycles. The zero-order valence-corrected chi connectivity index (χ0v) is 22.6. The van der Waals surface area contributed by atoms with E-state index in [4.69, 9.17) is 4.74 Å². The van der Waals surface area contributed by atoms with Crippen LogP contribution < -0.4 is 0 Å². The Balaban J connectivity index is 2.27. The Morgan fingerprint density at radius 3 is 2.61 bits per heavy atom. The number of thiazole rings is 1. The van der Waals surface area contributed by atoms with Crippen molar-refractivity contribution in [3.63, 3.8) is 0 Å². The molecule has 1 N–H and O–H groups in total. The third-order valence-electron chi connectivity index (χ3n) is 6.36. The number of carbonyl (C=O) groups excluding carboxylic acids is 2. The summed E-state index contributed by atoms with van der Waals surface area (Å²) in [6.07, 6.45) is 6.39. The fourth-order valence-electron chi connectivity index (χ4n) is 4.08. The smallest absolute Gasteiger partial charge is 0.316 e. The third kappa shape index (κ3) is 8.37. The summed E-state index contributed by atoms with van der Waals surface area (Å²) < 4.78 is 5.09. The second kappa shape index (κ2) is 12.3. The van der Waals surface area contributed by atoms with Gasteiger partial charge in [-0.2, -0.15) is 0 Å². The van der Waals surface area contributed by atoms with Gasteiger partial charge in [0.15, 0.2) is 5.78 Å². The number of ketones is 1. The van der Waals surface area contributed by atoms with Crippen molar-refractivity contribution >= 4 is 40.9 Å². The first-order chi connectivity index (χ1) is 15.4. The maximum atomic E-state index is 13.1. The number of hydrogen-bond acceptors (Lipinski definition) is 7. The number of rotatable bonds is 2. The summed E-state index contributed by atoms with van der Waals surface area (Å²) in [5.41, 5.74) is 3.06. The predicted octanol–water partition coefficient (Wildman–Crippen LogP) is 6.00. The van der Waals surface area contributed by atoms with Crippen LogP contribution in [0.15, 0.2) is 22.6 Å². The highest BCUT2D eigenvalue weighted by Gasteiger charge is 2.37. The molecule has 2 heterocycles. The molecular formula is C26H39NO4S2. The van der Waals surface area contributed by atoms with Gasteiger partial charge in [0.05, 0.1) is 27.3 Å². The van der Waals surface area contributed by atoms with Gasteiger partial charge in [0.25, 0.3) is 0 Å². The normalized spacial score (nSPS) is 28.8. The van der Waals surface area contributed by atoms with E-state index in [0.29, 0.717) is 6.42 Å². The van der Waals surface area contributed by atoms with Crippen molar-refractivity contribution < 1.29 is 19.4 Å². The second-order valence-electron chi connectivity index (χ2n) is 9.76. The second-order valence-corrected chi connectivity index (χ2v) is 12.4. The number of nitrogens with zero attached hydrogens (tertiary/aromatic N) is 1. The van der Waals surface area contributed by atoms with Crippen LogP contribution in [0.5, 0.6) is 0 Å². The molecule has 0 aliphatic carbocycles. The zero-order chi connectivity index (χ0) is 24.8. The van der Waals surface area contributed by atoms with Gasteiger partial charge < -0.3 is 9.84 Å². The molecule has 1 aromatic rings. The van der Waals surface area contributed by atoms with Gasteiger partial charge in [0.1, 0.15) is 6.10 Å². The van der Waals surface area contributed by atoms with Gasteiger partial charge >= 0.3 is 5.97 Å². The molecule has 33 heavy (non-hydrogen) atoms. The van der Waals surface area contributed by atoms with Crippen LogP contribution in [0.4, 0.5) is 0 Å². The number of thioether (sulfide) groups is 1. The maximum absolute atomic E-state index is 13.1. The van der Waals surface area contributed by atoms with Crippen molar-refractivity contribution in [3.8, 4) is 0 Å². The molecule has 7 heteroatoms. The molecule has 184 valence electrons. The Labute approximate surface area is 207 Å². The summed E-state index contributed by atoms with van der Waals surface area (Å²) in [6.45, 7) is 13.5. The van der Waals surface area contributed by atoms with E-state index in [2.05, 4.69) is 18.0 Å². The Hall–Kier alpha value is -1.44. The van der Waals surface area contributed by atoms with Gasteiger partial charge in [-0.05, 0) is 71.4 Å². The Bertz CT molecular complexity index is 887. The van der Waals surface area contributed by atoms with E-state index in [1.807, 2.05) is 46.1 Å². The molecule has 0 radical (unpaired) electrons. The van der Waals surface area contributed by atoms with Gasteiger partial charge in [0, 0.05) is 17.7 Å². The zero-order valence-electron chi connectivity index (χ0n) is 21.0. The molecule has 0 bridgehead atoms. The first-order valence-corrected chi connectivity index (χ1v) is 13.6. The van der Waals surface area contributed by atoms with Crippen LogP contribution in [-0.4, -0.2) is 44.6 Å². The number of aromatic nitrogens is 1. The molecule has 2 rings (SSSR count). The van der Waals surface area contributed by atoms with E-state index in [0.717, 1.165) is 35.5 Å². The van der Waals surface area contributed by atoms with Crippen LogP contribution in [0.1, 0.15) is 77.9 Å². The number of hydrogen-bond donors (Lipinski definition) is 1. The summed E-state index contributed by atoms with van der Waals surface area (Å²) in [5.74, 6) is -0.737. The first-order valence-electron chi connectivity index (χ1n) is 11.7. The van der Waals surface area contributed by atoms with Crippen LogP contribution in [0.2, 0.25) is 0 Å². The van der Waals surface area contributed by atoms with Crippen LogP contribution in [-0.2, 0) is 14.3 Å². The molecular weight excluding hydrogens is 454 g/mol. The lowest BCUT2D eigenvalue weighted by Crippen LogP contribution is -2.41. The molecule has 5 nitrogen and oxygen atoms in total. The van der Waals surface area contributed by atoms with Crippen LogP contribution in [0.3, 0.4) is 0 Å². The van der Waals surface area contributed by atoms with Gasteiger partial charge in [-0.25, -0.2) is 4.98 Å². The molecule has 1 aliphatic rings. The highest BCUT2D eigenvalue weighted by Crippen LogP contribution is 2.32. The van der Waals surface area contributed by atoms with E-state index in [-0.39, 0.29) is 29.5 Å². The number of allylic oxidation sites excluding steroid dienone is 1. The molecule has 0 amide bonds. The number of ether oxygens (including phenoxy) is 1. The van der Waals surface area contributed by atoms with Crippen molar-refractivity contribution in [2.75, 3.05) is 5.75 Å². The number of cyclic esters (lactones) is 1. The van der Waals surface area contributed by atoms with E-state index >= 15 is 0 Å². The van der Waals surface area contributed by atoms with Crippen molar-refractivity contribution in [1.29, 1.82) is 0 Å². The molecule has 4 atom stereocenters. The molecule has 0 aromatic carbocycles. The minimum Gasteiger partial charge on any atom is -0.457 e. The maximum Gasteiger partial charge on any atom is 0.316 e. The quantitative estimate of drug-likeness (QED) is 0.402. The lowest BCUT2D eigenvalue weighted by molar-refractivity contribution is -0.143. The highest BCUT2D eigenvalue weighted by molar-refractivity contribution is 8.02. The first kappa shape index (κ1) is 27.8. The SMILES string of the molecule is CC1=CCC(/C(C)=C/c2csc(C)n2)OC(=O)CSC(C)(C)C(=O)[C@H](C)[C@H](O)[C@@H](C)CCC1. The number of aryl methyl sites for hydroxylation is 1. The topological polar surface area (TPSA) is 76.5 Å². The molecule has 1 unspecified atom stereocenters. The Kier molecular flexibility index (Phi) is 10.4. The third-order valence-corrected chi connectivity index (χ3v) is 8.45. The monoisotopic (exact) mass is 493 g/mol. The van der Waals surface area contributed by atoms with E-state index < -0.39 is 16.8 Å². The number of esters is 1. The average Bonchev–Trinajstić information content (AvgIpc) is 3.17. The summed E-state index contributed by atoms with van der Waals surface area (Å²) in [7, 11) is 0. The van der Waals surface area contributed by atoms with E-state index in [1.54, 1.807) is 18.3 Å². The van der Waals surface area contributed by atoms with Crippen LogP contribution in [0, 0.1) is 18.8 Å². The predicted molar refractivity (Wildman–Crippen MR) is 138 cm³/mol. The molecule has 1 aliphatic heterocycles. The van der Waals surface area contributed by atoms with E-state index in [1.165, 1.54) is 17.3 Å². The van der Waals surface area contributed by atoms with Crippen molar-refractivity contribution in [3.05, 3.63) is 33.3 Å². The lowest BCUT2D eigenvalue weighted by atomic mass is 9.83. The number of Topliss-reactive ketones (excluding diaryl/α,β-unsaturated/α-hetero) is 1. The standard InChI is InChI=1S/C26H39NO4S2/c1-16-9-8-10-17(2)24(29)19(4)25(30)26(6,7)33-15-23(28)31-22(12-11-16)18(3)13-21-14-32-20(5)27-21/h11,13-14,17,19,22,24,29H,8-10,12,15H2,1-7H3/b16-11?,18-13+/t17-,19+,22?,24+/m0/s1. The number of carbonyl (C=O) groups is 2. The molecule has 1 aromatic heterocycles. The number of aliphatic hydroxyl groups excluding tert-OH is 1. The Morgan fingerprint density at radius 1 is 1.27 bits per heavy atom. The summed E-state index contributed by atoms with van der Waals surface area (Å²) in [4.78, 5) is 30.3. The largest absolute Gasteiger partial charge is 0.457 e. The van der Waals surface area contributed by atoms with Gasteiger partial charge in [-0.1, -0.05) is 25.5 Å². The fraction of sp³-hybridized carbons (Fsp3) is 0.654. The van der Waals surface area contributed by atoms with Crippen molar-refractivity contribution in [2.45, 2.75) is 91.1 Å². The summed E-state index contributed by atoms with van der Waals surface area (Å²) in [5, 5.41) is 13.7. The minimum atomic E-state index is -0.787. The van der Waals surface area contributed by atoms with Gasteiger partial charge in [-0.15, -0.1) is 23.1 Å². The fourth-order valence-corrected chi connectivity index (χ4v) is 5.53. The summed E-state index contributed by atoms with van der Waals surface area (Å²) >= 11 is 2.87. The Morgan fingerprint density at radius 2 is 1.97 bits per heavy atom. The van der Waals surface area contributed by atoms with Gasteiger partial charge in [-0.3, -0.25) is 9.59 Å². The van der Waals surface area contributed by atoms with Crippen molar-refractivity contribution in [2.24, 2.45) is 11.8 Å². The average molecular weight is 494 g/mol. The molecule has 0 fully saturated rings. The molecule has 0 saturated carbocycles. The highest BCUT2D eigenvalue weighted by atomic mass is 32.2. The summed E-state index contributed by atoms with van der Waals surface area (Å²) in [6, 6.07) is 0. The van der Waals surface area contributed by atoms with Crippen LogP contribution >= 0.6 is 23.1 Å². The minimum absolute atomic E-state index is 0.0330. The van der Waals surface area contributed by atoms with Gasteiger partial charge in [0.2, 0.25) is 0 Å². The van der Waals surface area contributed by atoms with E-state index in [9.17, 15) is 14.7 Å². The lowest BCUT2D eigenvalue weighted by Gasteiger charge is -2.31. The molecule has 0 spiro atoms. The van der Waals surface area contributed by atoms with Crippen LogP contribution in [0.25, 0.3) is 6.08 Å². The number of aliphatic hydroxyl groups is 1. The van der Waals surface area contributed by atoms with Crippen molar-refractivity contribution in [1.82, 2.24) is 4.98 Å².